The smallest absolute Gasteiger partial charge is 0.303 e. The molecule has 0 fully saturated rings. The Bertz CT molecular complexity index is 1240. The Morgan fingerprint density at radius 3 is 2.75 bits per heavy atom. The maximum Gasteiger partial charge on any atom is 0.303 e. The first kappa shape index (κ1) is 24.4. The number of hydrogen-bond acceptors (Lipinski definition) is 6. The van der Waals surface area contributed by atoms with Crippen LogP contribution in [0.4, 0.5) is 0 Å². The molecule has 1 N–H and O–H groups in total. The number of nitrogens with zero attached hydrogens (tertiary/aromatic N) is 1. The van der Waals surface area contributed by atoms with Gasteiger partial charge in [-0.3, -0.25) is 4.79 Å². The van der Waals surface area contributed by atoms with Crippen molar-refractivity contribution in [2.24, 2.45) is 0 Å². The van der Waals surface area contributed by atoms with Crippen molar-refractivity contribution < 1.29 is 23.1 Å². The quantitative estimate of drug-likeness (QED) is 0.369. The van der Waals surface area contributed by atoms with E-state index in [4.69, 9.17) is 9.84 Å². The molecule has 0 saturated carbocycles. The van der Waals surface area contributed by atoms with Crippen LogP contribution in [0.1, 0.15) is 30.7 Å². The van der Waals surface area contributed by atoms with Gasteiger partial charge < -0.3 is 9.84 Å². The molecule has 32 heavy (non-hydrogen) atoms. The number of aryl methyl sites for hydroxylation is 1. The van der Waals surface area contributed by atoms with E-state index in [0.717, 1.165) is 10.6 Å². The van der Waals surface area contributed by atoms with Crippen molar-refractivity contribution in [3.63, 3.8) is 0 Å². The van der Waals surface area contributed by atoms with Crippen LogP contribution >= 0.6 is 23.1 Å². The third-order valence-electron chi connectivity index (χ3n) is 4.92. The Kier molecular flexibility index (Phi) is 8.08. The molecule has 2 heterocycles. The van der Waals surface area contributed by atoms with Gasteiger partial charge in [0.2, 0.25) is 0 Å². The highest BCUT2D eigenvalue weighted by Crippen LogP contribution is 2.32. The summed E-state index contributed by atoms with van der Waals surface area (Å²) in [5.41, 5.74) is 2.44. The first-order valence-electron chi connectivity index (χ1n) is 10.2. The zero-order valence-electron chi connectivity index (χ0n) is 18.3. The van der Waals surface area contributed by atoms with E-state index in [2.05, 4.69) is 19.3 Å². The molecule has 172 valence electrons. The van der Waals surface area contributed by atoms with E-state index in [0.29, 0.717) is 35.2 Å². The molecule has 0 aliphatic heterocycles. The van der Waals surface area contributed by atoms with Crippen molar-refractivity contribution in [1.82, 2.24) is 3.97 Å². The number of thiophene rings is 1. The van der Waals surface area contributed by atoms with Crippen LogP contribution in [0.25, 0.3) is 10.9 Å². The predicted octanol–water partition coefficient (Wildman–Crippen LogP) is 5.21. The SMILES string of the molecule is CCOc1ccc2c(c1)c(CCC(=O)O)cn2S(=O)(=O)c1ccc(C/C=C(\C)CSC)s1. The van der Waals surface area contributed by atoms with E-state index in [-0.39, 0.29) is 17.1 Å². The van der Waals surface area contributed by atoms with Gasteiger partial charge in [-0.25, -0.2) is 3.97 Å². The second kappa shape index (κ2) is 10.6. The molecule has 1 aromatic carbocycles. The Morgan fingerprint density at radius 1 is 1.28 bits per heavy atom. The summed E-state index contributed by atoms with van der Waals surface area (Å²) in [6.07, 6.45) is 6.57. The molecule has 9 heteroatoms. The highest BCUT2D eigenvalue weighted by molar-refractivity contribution is 7.98. The summed E-state index contributed by atoms with van der Waals surface area (Å²) in [5.74, 6) is 0.648. The van der Waals surface area contributed by atoms with Gasteiger partial charge in [0.15, 0.2) is 0 Å². The summed E-state index contributed by atoms with van der Waals surface area (Å²) in [4.78, 5) is 12.1. The molecule has 0 atom stereocenters. The predicted molar refractivity (Wildman–Crippen MR) is 132 cm³/mol. The molecule has 3 rings (SSSR count). The Balaban J connectivity index is 2.00. The fraction of sp³-hybridized carbons (Fsp3) is 0.348. The Labute approximate surface area is 197 Å². The van der Waals surface area contributed by atoms with Crippen LogP contribution in [-0.2, 0) is 27.7 Å². The normalized spacial score (nSPS) is 12.4. The number of ether oxygens (including phenoxy) is 1. The van der Waals surface area contributed by atoms with Crippen molar-refractivity contribution in [2.75, 3.05) is 18.6 Å². The van der Waals surface area contributed by atoms with Crippen LogP contribution in [0.2, 0.25) is 0 Å². The maximum atomic E-state index is 13.5. The summed E-state index contributed by atoms with van der Waals surface area (Å²) < 4.78 is 34.0. The lowest BCUT2D eigenvalue weighted by atomic mass is 10.1. The molecule has 0 amide bonds. The first-order valence-corrected chi connectivity index (χ1v) is 13.9. The zero-order chi connectivity index (χ0) is 23.3. The number of aliphatic carboxylic acids is 1. The van der Waals surface area contributed by atoms with E-state index < -0.39 is 16.0 Å². The van der Waals surface area contributed by atoms with Crippen molar-refractivity contribution in [1.29, 1.82) is 0 Å². The molecule has 0 aliphatic rings. The van der Waals surface area contributed by atoms with Gasteiger partial charge in [-0.15, -0.1) is 11.3 Å². The molecular formula is C23H27NO5S3. The van der Waals surface area contributed by atoms with Gasteiger partial charge in [-0.1, -0.05) is 11.6 Å². The number of hydrogen-bond donors (Lipinski definition) is 1. The van der Waals surface area contributed by atoms with Crippen molar-refractivity contribution >= 4 is 50.0 Å². The third kappa shape index (κ3) is 5.57. The zero-order valence-corrected chi connectivity index (χ0v) is 20.8. The van der Waals surface area contributed by atoms with Gasteiger partial charge in [0.1, 0.15) is 9.96 Å². The third-order valence-corrected chi connectivity index (χ3v) is 8.91. The topological polar surface area (TPSA) is 85.6 Å². The van der Waals surface area contributed by atoms with E-state index in [9.17, 15) is 13.2 Å². The molecule has 0 radical (unpaired) electrons. The monoisotopic (exact) mass is 493 g/mol. The number of aromatic nitrogens is 1. The van der Waals surface area contributed by atoms with Crippen LogP contribution in [0.3, 0.4) is 0 Å². The maximum absolute atomic E-state index is 13.5. The lowest BCUT2D eigenvalue weighted by molar-refractivity contribution is -0.136. The van der Waals surface area contributed by atoms with Gasteiger partial charge in [0, 0.05) is 35.1 Å². The number of rotatable bonds is 11. The van der Waals surface area contributed by atoms with Crippen molar-refractivity contribution in [3.05, 3.63) is 58.6 Å². The van der Waals surface area contributed by atoms with E-state index in [1.54, 1.807) is 42.2 Å². The van der Waals surface area contributed by atoms with Crippen LogP contribution in [-0.4, -0.2) is 42.1 Å². The fourth-order valence-corrected chi connectivity index (χ4v) is 6.78. The summed E-state index contributed by atoms with van der Waals surface area (Å²) in [6, 6.07) is 8.72. The minimum Gasteiger partial charge on any atom is -0.494 e. The minimum absolute atomic E-state index is 0.0805. The highest BCUT2D eigenvalue weighted by Gasteiger charge is 2.23. The second-order valence-corrected chi connectivity index (χ2v) is 11.4. The fourth-order valence-electron chi connectivity index (χ4n) is 3.41. The molecule has 3 aromatic rings. The van der Waals surface area contributed by atoms with Gasteiger partial charge in [-0.2, -0.15) is 20.2 Å². The largest absolute Gasteiger partial charge is 0.494 e. The lowest BCUT2D eigenvalue weighted by Crippen LogP contribution is -2.10. The van der Waals surface area contributed by atoms with Crippen LogP contribution < -0.4 is 4.74 Å². The molecule has 0 aliphatic carbocycles. The summed E-state index contributed by atoms with van der Waals surface area (Å²) >= 11 is 3.02. The number of allylic oxidation sites excluding steroid dienone is 1. The van der Waals surface area contributed by atoms with E-state index in [1.807, 2.05) is 13.0 Å². The van der Waals surface area contributed by atoms with Crippen molar-refractivity contribution in [3.8, 4) is 5.75 Å². The molecule has 0 spiro atoms. The number of benzene rings is 1. The number of carbonyl (C=O) groups is 1. The van der Waals surface area contributed by atoms with Crippen LogP contribution in [0.5, 0.6) is 5.75 Å². The number of carboxylic acids is 1. The van der Waals surface area contributed by atoms with Gasteiger partial charge in [-0.05, 0) is 62.4 Å². The highest BCUT2D eigenvalue weighted by atomic mass is 32.2. The molecular weight excluding hydrogens is 466 g/mol. The van der Waals surface area contributed by atoms with E-state index in [1.165, 1.54) is 20.9 Å². The van der Waals surface area contributed by atoms with Gasteiger partial charge >= 0.3 is 5.97 Å². The van der Waals surface area contributed by atoms with Crippen molar-refractivity contribution in [2.45, 2.75) is 37.3 Å². The van der Waals surface area contributed by atoms with Gasteiger partial charge in [0.25, 0.3) is 10.0 Å². The molecule has 0 unspecified atom stereocenters. The number of fused-ring (bicyclic) bond motifs is 1. The molecule has 2 aromatic heterocycles. The minimum atomic E-state index is -3.81. The molecule has 0 saturated heterocycles. The van der Waals surface area contributed by atoms with E-state index >= 15 is 0 Å². The molecule has 6 nitrogen and oxygen atoms in total. The Morgan fingerprint density at radius 2 is 2.06 bits per heavy atom. The Hall–Kier alpha value is -2.23. The number of thioether (sulfide) groups is 1. The average molecular weight is 494 g/mol. The number of carboxylic acid groups (broad SMARTS) is 1. The lowest BCUT2D eigenvalue weighted by Gasteiger charge is -2.07. The first-order chi connectivity index (χ1) is 15.3. The summed E-state index contributed by atoms with van der Waals surface area (Å²) in [6.45, 7) is 4.43. The van der Waals surface area contributed by atoms with Crippen LogP contribution in [0.15, 0.2) is 52.4 Å². The van der Waals surface area contributed by atoms with Crippen LogP contribution in [0, 0.1) is 0 Å². The summed E-state index contributed by atoms with van der Waals surface area (Å²) in [5, 5.41) is 9.79. The summed E-state index contributed by atoms with van der Waals surface area (Å²) in [7, 11) is -3.81. The molecule has 0 bridgehead atoms. The van der Waals surface area contributed by atoms with Gasteiger partial charge in [0.05, 0.1) is 12.1 Å². The standard InChI is InChI=1S/C23H27NO5S3/c1-4-29-18-7-10-21-20(13-18)17(6-11-22(25)26)14-24(21)32(27,28)23-12-9-19(31-23)8-5-16(2)15-30-3/h5,7,9-10,12-14H,4,6,8,11,15H2,1-3H3,(H,25,26)/b16-5+. The second-order valence-electron chi connectivity index (χ2n) is 7.37. The average Bonchev–Trinajstić information content (AvgIpc) is 3.37.